The number of hydrogen-bond acceptors (Lipinski definition) is 2. The Morgan fingerprint density at radius 1 is 1.40 bits per heavy atom. The van der Waals surface area contributed by atoms with Crippen LogP contribution in [0.15, 0.2) is 0 Å². The molecule has 1 heterocycles. The van der Waals surface area contributed by atoms with Gasteiger partial charge in [-0.25, -0.2) is 4.79 Å². The fraction of sp³-hybridized carbons (Fsp3) is 0.833. The van der Waals surface area contributed by atoms with E-state index >= 15 is 0 Å². The first-order valence-electron chi connectivity index (χ1n) is 3.30. The van der Waals surface area contributed by atoms with E-state index in [2.05, 4.69) is 12.6 Å². The van der Waals surface area contributed by atoms with E-state index in [1.165, 1.54) is 0 Å². The Hall–Kier alpha value is -0.380. The highest BCUT2D eigenvalue weighted by atomic mass is 32.1. The van der Waals surface area contributed by atoms with Gasteiger partial charge in [0.15, 0.2) is 0 Å². The largest absolute Gasteiger partial charge is 0.351 e. The zero-order valence-electron chi connectivity index (χ0n) is 6.21. The predicted octanol–water partition coefficient (Wildman–Crippen LogP) is 0.707. The van der Waals surface area contributed by atoms with Crippen LogP contribution in [0.4, 0.5) is 4.79 Å². The van der Waals surface area contributed by atoms with Gasteiger partial charge in [-0.2, -0.15) is 12.6 Å². The molecule has 0 aliphatic carbocycles. The molecule has 0 spiro atoms. The summed E-state index contributed by atoms with van der Waals surface area (Å²) >= 11 is 3.53. The number of urea groups is 1. The SMILES string of the molecule is CS.NC(=O)N1CCCC1. The van der Waals surface area contributed by atoms with Crippen molar-refractivity contribution in [1.82, 2.24) is 4.90 Å². The van der Waals surface area contributed by atoms with E-state index < -0.39 is 0 Å². The van der Waals surface area contributed by atoms with E-state index in [-0.39, 0.29) is 6.03 Å². The van der Waals surface area contributed by atoms with Gasteiger partial charge in [-0.3, -0.25) is 0 Å². The van der Waals surface area contributed by atoms with Crippen molar-refractivity contribution in [3.05, 3.63) is 0 Å². The van der Waals surface area contributed by atoms with Crippen molar-refractivity contribution < 1.29 is 4.79 Å². The van der Waals surface area contributed by atoms with Crippen LogP contribution in [0, 0.1) is 0 Å². The van der Waals surface area contributed by atoms with Crippen molar-refractivity contribution in [3.63, 3.8) is 0 Å². The van der Waals surface area contributed by atoms with Crippen LogP contribution >= 0.6 is 12.6 Å². The molecule has 1 aliphatic rings. The van der Waals surface area contributed by atoms with Gasteiger partial charge in [-0.1, -0.05) is 0 Å². The summed E-state index contributed by atoms with van der Waals surface area (Å²) in [5, 5.41) is 0. The van der Waals surface area contributed by atoms with Crippen LogP contribution in [0.1, 0.15) is 12.8 Å². The minimum absolute atomic E-state index is 0.275. The van der Waals surface area contributed by atoms with E-state index in [0.717, 1.165) is 25.9 Å². The summed E-state index contributed by atoms with van der Waals surface area (Å²) in [4.78, 5) is 12.0. The third kappa shape index (κ3) is 2.96. The molecule has 0 unspecified atom stereocenters. The van der Waals surface area contributed by atoms with Crippen molar-refractivity contribution in [3.8, 4) is 0 Å². The number of carbonyl (C=O) groups excluding carboxylic acids is 1. The Balaban J connectivity index is 0.000000371. The normalized spacial score (nSPS) is 16.0. The number of nitrogens with two attached hydrogens (primary N) is 1. The maximum absolute atomic E-state index is 10.3. The summed E-state index contributed by atoms with van der Waals surface area (Å²) in [5.74, 6) is 0. The lowest BCUT2D eigenvalue weighted by molar-refractivity contribution is 0.218. The van der Waals surface area contributed by atoms with Gasteiger partial charge in [0.1, 0.15) is 0 Å². The van der Waals surface area contributed by atoms with Gasteiger partial charge in [0.2, 0.25) is 0 Å². The first-order chi connectivity index (χ1) is 4.80. The zero-order chi connectivity index (χ0) is 7.98. The van der Waals surface area contributed by atoms with Gasteiger partial charge in [0.05, 0.1) is 0 Å². The molecule has 4 heteroatoms. The summed E-state index contributed by atoms with van der Waals surface area (Å²) < 4.78 is 0. The average molecular weight is 162 g/mol. The molecule has 10 heavy (non-hydrogen) atoms. The van der Waals surface area contributed by atoms with Gasteiger partial charge in [0, 0.05) is 13.1 Å². The molecule has 1 fully saturated rings. The number of hydrogen-bond donors (Lipinski definition) is 2. The second-order valence-electron chi connectivity index (χ2n) is 2.03. The van der Waals surface area contributed by atoms with Crippen LogP contribution in [0.3, 0.4) is 0 Å². The van der Waals surface area contributed by atoms with Gasteiger partial charge in [-0.05, 0) is 19.1 Å². The molecule has 0 radical (unpaired) electrons. The number of rotatable bonds is 0. The number of carbonyl (C=O) groups is 1. The monoisotopic (exact) mass is 162 g/mol. The number of thiol groups is 1. The molecule has 2 amide bonds. The molecule has 0 aromatic rings. The van der Waals surface area contributed by atoms with E-state index in [9.17, 15) is 4.79 Å². The van der Waals surface area contributed by atoms with E-state index in [4.69, 9.17) is 5.73 Å². The number of nitrogens with zero attached hydrogens (tertiary/aromatic N) is 1. The second kappa shape index (κ2) is 5.41. The lowest BCUT2D eigenvalue weighted by atomic mass is 10.4. The Labute approximate surface area is 67.0 Å². The Morgan fingerprint density at radius 3 is 2.00 bits per heavy atom. The molecule has 0 aromatic carbocycles. The molecule has 0 atom stereocenters. The Kier molecular flexibility index (Phi) is 5.20. The van der Waals surface area contributed by atoms with E-state index in [1.807, 2.05) is 0 Å². The molecular weight excluding hydrogens is 148 g/mol. The third-order valence-corrected chi connectivity index (χ3v) is 1.42. The van der Waals surface area contributed by atoms with Crippen molar-refractivity contribution in [2.24, 2.45) is 5.73 Å². The van der Waals surface area contributed by atoms with Crippen LogP contribution in [0.25, 0.3) is 0 Å². The van der Waals surface area contributed by atoms with E-state index in [0.29, 0.717) is 0 Å². The summed E-state index contributed by atoms with van der Waals surface area (Å²) in [7, 11) is 0. The summed E-state index contributed by atoms with van der Waals surface area (Å²) in [6.45, 7) is 1.71. The first-order valence-corrected chi connectivity index (χ1v) is 4.19. The Morgan fingerprint density at radius 2 is 1.80 bits per heavy atom. The van der Waals surface area contributed by atoms with Gasteiger partial charge in [-0.15, -0.1) is 0 Å². The molecule has 3 nitrogen and oxygen atoms in total. The highest BCUT2D eigenvalue weighted by Gasteiger charge is 2.13. The lowest BCUT2D eigenvalue weighted by Gasteiger charge is -2.09. The van der Waals surface area contributed by atoms with Crippen molar-refractivity contribution in [2.45, 2.75) is 12.8 Å². The molecule has 1 rings (SSSR count). The summed E-state index contributed by atoms with van der Waals surface area (Å²) in [6, 6.07) is -0.275. The van der Waals surface area contributed by atoms with Crippen molar-refractivity contribution in [2.75, 3.05) is 19.3 Å². The predicted molar refractivity (Wildman–Crippen MR) is 45.3 cm³/mol. The number of likely N-dealkylation sites (tertiary alicyclic amines) is 1. The smallest absolute Gasteiger partial charge is 0.314 e. The zero-order valence-corrected chi connectivity index (χ0v) is 7.10. The van der Waals surface area contributed by atoms with Crippen LogP contribution in [-0.4, -0.2) is 30.3 Å². The lowest BCUT2D eigenvalue weighted by Crippen LogP contribution is -2.32. The fourth-order valence-electron chi connectivity index (χ4n) is 0.938. The highest BCUT2D eigenvalue weighted by Crippen LogP contribution is 2.05. The quantitative estimate of drug-likeness (QED) is 0.506. The van der Waals surface area contributed by atoms with Gasteiger partial charge < -0.3 is 10.6 Å². The van der Waals surface area contributed by atoms with Crippen molar-refractivity contribution in [1.29, 1.82) is 0 Å². The van der Waals surface area contributed by atoms with Crippen LogP contribution < -0.4 is 5.73 Å². The van der Waals surface area contributed by atoms with Crippen LogP contribution in [0.2, 0.25) is 0 Å². The average Bonchev–Trinajstić information content (AvgIpc) is 2.42. The third-order valence-electron chi connectivity index (χ3n) is 1.42. The molecule has 0 bridgehead atoms. The Bertz CT molecular complexity index is 102. The van der Waals surface area contributed by atoms with Gasteiger partial charge in [0.25, 0.3) is 0 Å². The maximum Gasteiger partial charge on any atom is 0.314 e. The molecular formula is C6H14N2OS. The minimum Gasteiger partial charge on any atom is -0.351 e. The molecule has 60 valence electrons. The van der Waals surface area contributed by atoms with Gasteiger partial charge >= 0.3 is 6.03 Å². The summed E-state index contributed by atoms with van der Waals surface area (Å²) in [5.41, 5.74) is 4.98. The molecule has 0 aromatic heterocycles. The number of primary amides is 1. The molecule has 1 saturated heterocycles. The number of amides is 2. The highest BCUT2D eigenvalue weighted by molar-refractivity contribution is 7.79. The second-order valence-corrected chi connectivity index (χ2v) is 2.03. The fourth-order valence-corrected chi connectivity index (χ4v) is 0.938. The molecule has 2 N–H and O–H groups in total. The van der Waals surface area contributed by atoms with Crippen molar-refractivity contribution >= 4 is 18.7 Å². The topological polar surface area (TPSA) is 46.3 Å². The maximum atomic E-state index is 10.3. The first kappa shape index (κ1) is 9.62. The van der Waals surface area contributed by atoms with E-state index in [1.54, 1.807) is 11.2 Å². The standard InChI is InChI=1S/C5H10N2O.CH4S/c6-5(8)7-3-1-2-4-7;1-2/h1-4H2,(H2,6,8);2H,1H3. The molecule has 1 aliphatic heterocycles. The summed E-state index contributed by atoms with van der Waals surface area (Å²) in [6.07, 6.45) is 3.92. The van der Waals surface area contributed by atoms with Crippen LogP contribution in [0.5, 0.6) is 0 Å². The molecule has 0 saturated carbocycles. The minimum atomic E-state index is -0.275. The van der Waals surface area contributed by atoms with Crippen LogP contribution in [-0.2, 0) is 0 Å².